The Morgan fingerprint density at radius 2 is 1.87 bits per heavy atom. The van der Waals surface area contributed by atoms with Crippen molar-refractivity contribution in [2.45, 2.75) is 50.9 Å². The molecule has 1 heterocycles. The topological polar surface area (TPSA) is 60.4 Å². The van der Waals surface area contributed by atoms with E-state index in [4.69, 9.17) is 4.74 Å². The minimum absolute atomic E-state index is 0.108. The predicted octanol–water partition coefficient (Wildman–Crippen LogP) is 1.30. The second-order valence-corrected chi connectivity index (χ2v) is 7.19. The maximum Gasteiger partial charge on any atom is 0.324 e. The molecule has 0 radical (unpaired) electrons. The lowest BCUT2D eigenvalue weighted by molar-refractivity contribution is -0.154. The van der Waals surface area contributed by atoms with Crippen molar-refractivity contribution in [3.63, 3.8) is 0 Å². The Morgan fingerprint density at radius 3 is 2.33 bits per heavy atom. The first kappa shape index (κ1) is 12.5. The van der Waals surface area contributed by atoms with Crippen molar-refractivity contribution in [3.05, 3.63) is 0 Å². The molecule has 0 aromatic carbocycles. The van der Waals surface area contributed by atoms with Crippen molar-refractivity contribution in [1.29, 1.82) is 0 Å². The first-order chi connectivity index (χ1) is 6.72. The molecule has 1 aliphatic heterocycles. The zero-order valence-corrected chi connectivity index (χ0v) is 10.3. The second kappa shape index (κ2) is 4.12. The van der Waals surface area contributed by atoms with Crippen LogP contribution in [0.4, 0.5) is 0 Å². The van der Waals surface area contributed by atoms with E-state index in [0.29, 0.717) is 12.8 Å². The molecule has 1 saturated heterocycles. The maximum absolute atomic E-state index is 11.6. The standard InChI is InChI=1S/C10H18O4S/c1-10(2,3)14-9(11)8-6-4-5-7-15(8,12)13/h8H,4-7H2,1-3H3. The summed E-state index contributed by atoms with van der Waals surface area (Å²) >= 11 is 0. The van der Waals surface area contributed by atoms with Gasteiger partial charge in [-0.2, -0.15) is 0 Å². The fourth-order valence-electron chi connectivity index (χ4n) is 1.59. The Balaban J connectivity index is 2.74. The van der Waals surface area contributed by atoms with Crippen molar-refractivity contribution in [2.24, 2.45) is 0 Å². The third-order valence-corrected chi connectivity index (χ3v) is 4.40. The van der Waals surface area contributed by atoms with Gasteiger partial charge in [-0.3, -0.25) is 4.79 Å². The predicted molar refractivity (Wildman–Crippen MR) is 57.3 cm³/mol. The van der Waals surface area contributed by atoms with Crippen LogP contribution in [0.15, 0.2) is 0 Å². The molecule has 15 heavy (non-hydrogen) atoms. The fraction of sp³-hybridized carbons (Fsp3) is 0.900. The summed E-state index contributed by atoms with van der Waals surface area (Å²) in [7, 11) is -3.27. The van der Waals surface area contributed by atoms with E-state index < -0.39 is 26.7 Å². The molecule has 0 bridgehead atoms. The van der Waals surface area contributed by atoms with Crippen LogP contribution in [-0.4, -0.2) is 31.0 Å². The monoisotopic (exact) mass is 234 g/mol. The van der Waals surface area contributed by atoms with Crippen LogP contribution in [0.25, 0.3) is 0 Å². The highest BCUT2D eigenvalue weighted by molar-refractivity contribution is 7.92. The minimum Gasteiger partial charge on any atom is -0.459 e. The van der Waals surface area contributed by atoms with E-state index in [1.54, 1.807) is 20.8 Å². The maximum atomic E-state index is 11.6. The summed E-state index contributed by atoms with van der Waals surface area (Å²) in [4.78, 5) is 11.6. The molecule has 88 valence electrons. The van der Waals surface area contributed by atoms with Gasteiger partial charge < -0.3 is 4.74 Å². The third-order valence-electron chi connectivity index (χ3n) is 2.25. The smallest absolute Gasteiger partial charge is 0.324 e. The molecule has 0 aliphatic carbocycles. The van der Waals surface area contributed by atoms with Crippen LogP contribution in [0.1, 0.15) is 40.0 Å². The van der Waals surface area contributed by atoms with Gasteiger partial charge in [0.25, 0.3) is 0 Å². The van der Waals surface area contributed by atoms with Crippen LogP contribution < -0.4 is 0 Å². The molecule has 0 saturated carbocycles. The summed E-state index contributed by atoms with van der Waals surface area (Å²) in [5.41, 5.74) is -0.621. The van der Waals surface area contributed by atoms with E-state index in [1.807, 2.05) is 0 Å². The number of rotatable bonds is 1. The van der Waals surface area contributed by atoms with Crippen molar-refractivity contribution in [1.82, 2.24) is 0 Å². The van der Waals surface area contributed by atoms with Gasteiger partial charge in [-0.25, -0.2) is 8.42 Å². The van der Waals surface area contributed by atoms with Crippen LogP contribution in [0.5, 0.6) is 0 Å². The molecule has 4 nitrogen and oxygen atoms in total. The lowest BCUT2D eigenvalue weighted by Gasteiger charge is -2.25. The fourth-order valence-corrected chi connectivity index (χ4v) is 3.34. The second-order valence-electron chi connectivity index (χ2n) is 4.88. The van der Waals surface area contributed by atoms with Gasteiger partial charge in [0.2, 0.25) is 0 Å². The van der Waals surface area contributed by atoms with E-state index in [2.05, 4.69) is 0 Å². The normalized spacial score (nSPS) is 25.9. The highest BCUT2D eigenvalue weighted by atomic mass is 32.2. The number of ether oxygens (including phenoxy) is 1. The molecule has 0 amide bonds. The van der Waals surface area contributed by atoms with Crippen LogP contribution in [0, 0.1) is 0 Å². The summed E-state index contributed by atoms with van der Waals surface area (Å²) in [5, 5.41) is -0.939. The van der Waals surface area contributed by atoms with Gasteiger partial charge >= 0.3 is 5.97 Å². The molecule has 1 unspecified atom stereocenters. The van der Waals surface area contributed by atoms with Crippen molar-refractivity contribution in [3.8, 4) is 0 Å². The molecule has 0 aromatic rings. The molecule has 5 heteroatoms. The summed E-state index contributed by atoms with van der Waals surface area (Å²) in [6.45, 7) is 5.21. The largest absolute Gasteiger partial charge is 0.459 e. The third kappa shape index (κ3) is 3.48. The van der Waals surface area contributed by atoms with Gasteiger partial charge in [-0.1, -0.05) is 6.42 Å². The summed E-state index contributed by atoms with van der Waals surface area (Å²) in [6.07, 6.45) is 1.84. The van der Waals surface area contributed by atoms with Gasteiger partial charge in [-0.15, -0.1) is 0 Å². The van der Waals surface area contributed by atoms with Gasteiger partial charge in [-0.05, 0) is 33.6 Å². The minimum atomic E-state index is -3.27. The van der Waals surface area contributed by atoms with Crippen molar-refractivity contribution < 1.29 is 17.9 Å². The quantitative estimate of drug-likeness (QED) is 0.641. The molecule has 1 rings (SSSR count). The van der Waals surface area contributed by atoms with Gasteiger partial charge in [0, 0.05) is 0 Å². The van der Waals surface area contributed by atoms with E-state index in [1.165, 1.54) is 0 Å². The Hall–Kier alpha value is -0.580. The molecule has 1 fully saturated rings. The van der Waals surface area contributed by atoms with Crippen LogP contribution >= 0.6 is 0 Å². The van der Waals surface area contributed by atoms with Crippen LogP contribution in [-0.2, 0) is 19.4 Å². The van der Waals surface area contributed by atoms with E-state index >= 15 is 0 Å². The number of sulfone groups is 1. The lowest BCUT2D eigenvalue weighted by atomic mass is 10.1. The van der Waals surface area contributed by atoms with Crippen molar-refractivity contribution >= 4 is 15.8 Å². The van der Waals surface area contributed by atoms with E-state index in [0.717, 1.165) is 6.42 Å². The van der Waals surface area contributed by atoms with Crippen molar-refractivity contribution in [2.75, 3.05) is 5.75 Å². The highest BCUT2D eigenvalue weighted by Gasteiger charge is 2.37. The van der Waals surface area contributed by atoms with Gasteiger partial charge in [0.1, 0.15) is 5.60 Å². The van der Waals surface area contributed by atoms with Gasteiger partial charge in [0.05, 0.1) is 5.75 Å². The number of hydrogen-bond donors (Lipinski definition) is 0. The summed E-state index contributed by atoms with van der Waals surface area (Å²) in [5.74, 6) is -0.487. The van der Waals surface area contributed by atoms with E-state index in [-0.39, 0.29) is 5.75 Å². The zero-order chi connectivity index (χ0) is 11.7. The number of carbonyl (C=O) groups excluding carboxylic acids is 1. The highest BCUT2D eigenvalue weighted by Crippen LogP contribution is 2.22. The Morgan fingerprint density at radius 1 is 1.27 bits per heavy atom. The molecule has 0 N–H and O–H groups in total. The zero-order valence-electron chi connectivity index (χ0n) is 9.45. The Kier molecular flexibility index (Phi) is 3.43. The first-order valence-corrected chi connectivity index (χ1v) is 6.88. The number of esters is 1. The first-order valence-electron chi connectivity index (χ1n) is 5.17. The Labute approximate surface area is 90.9 Å². The van der Waals surface area contributed by atoms with E-state index in [9.17, 15) is 13.2 Å². The number of hydrogen-bond acceptors (Lipinski definition) is 4. The lowest BCUT2D eigenvalue weighted by Crippen LogP contribution is -2.40. The number of carbonyl (C=O) groups is 1. The van der Waals surface area contributed by atoms with Crippen LogP contribution in [0.3, 0.4) is 0 Å². The molecule has 1 aliphatic rings. The average Bonchev–Trinajstić information content (AvgIpc) is 1.99. The SMILES string of the molecule is CC(C)(C)OC(=O)C1CCCCS1(=O)=O. The van der Waals surface area contributed by atoms with Gasteiger partial charge in [0.15, 0.2) is 15.1 Å². The molecular formula is C10H18O4S. The molecule has 0 spiro atoms. The average molecular weight is 234 g/mol. The summed E-state index contributed by atoms with van der Waals surface area (Å²) < 4.78 is 28.3. The molecule has 0 aromatic heterocycles. The molecular weight excluding hydrogens is 216 g/mol. The summed E-state index contributed by atoms with van der Waals surface area (Å²) in [6, 6.07) is 0. The molecule has 1 atom stereocenters. The van der Waals surface area contributed by atoms with Crippen LogP contribution in [0.2, 0.25) is 0 Å². The Bertz CT molecular complexity index is 337.